The summed E-state index contributed by atoms with van der Waals surface area (Å²) >= 11 is 1.73. The van der Waals surface area contributed by atoms with Gasteiger partial charge >= 0.3 is 0 Å². The monoisotopic (exact) mass is 484 g/mol. The summed E-state index contributed by atoms with van der Waals surface area (Å²) in [6, 6.07) is 8.21. The van der Waals surface area contributed by atoms with Gasteiger partial charge in [0.05, 0.1) is 29.6 Å². The zero-order chi connectivity index (χ0) is 17.6. The number of benzene rings is 1. The summed E-state index contributed by atoms with van der Waals surface area (Å²) in [5, 5.41) is 7.76. The number of thiazole rings is 1. The topological polar surface area (TPSA) is 67.1 Å². The van der Waals surface area contributed by atoms with Gasteiger partial charge in [0.1, 0.15) is 5.01 Å². The molecule has 8 heteroatoms. The molecule has 6 nitrogen and oxygen atoms in total. The molecule has 0 aliphatic rings. The maximum Gasteiger partial charge on any atom is 0.191 e. The summed E-state index contributed by atoms with van der Waals surface area (Å²) in [4.78, 5) is 14.5. The molecule has 0 unspecified atom stereocenters. The molecule has 2 heterocycles. The third-order valence-electron chi connectivity index (χ3n) is 4.10. The van der Waals surface area contributed by atoms with Crippen LogP contribution in [0.25, 0.3) is 11.0 Å². The molecule has 0 aliphatic heterocycles. The van der Waals surface area contributed by atoms with Crippen molar-refractivity contribution in [1.29, 1.82) is 0 Å². The largest absolute Gasteiger partial charge is 0.356 e. The third-order valence-corrected chi connectivity index (χ3v) is 5.17. The van der Waals surface area contributed by atoms with E-state index in [1.807, 2.05) is 31.5 Å². The van der Waals surface area contributed by atoms with Gasteiger partial charge in [0.2, 0.25) is 0 Å². The molecule has 140 valence electrons. The lowest BCUT2D eigenvalue weighted by Gasteiger charge is -2.11. The third kappa shape index (κ3) is 5.16. The van der Waals surface area contributed by atoms with Crippen molar-refractivity contribution in [3.05, 3.63) is 46.2 Å². The lowest BCUT2D eigenvalue weighted by Crippen LogP contribution is -2.37. The number of imidazole rings is 1. The highest BCUT2D eigenvalue weighted by Gasteiger charge is 2.05. The summed E-state index contributed by atoms with van der Waals surface area (Å²) in [6.45, 7) is 6.62. The Morgan fingerprint density at radius 3 is 2.77 bits per heavy atom. The SMILES string of the molecule is CN=C(NCCCn1cnc2ccccc21)NCc1nc(C)c(C)s1.I. The number of nitrogens with one attached hydrogen (secondary N) is 2. The van der Waals surface area contributed by atoms with Crippen LogP contribution in [0.4, 0.5) is 0 Å². The van der Waals surface area contributed by atoms with Gasteiger partial charge in [-0.15, -0.1) is 35.3 Å². The normalized spacial score (nSPS) is 11.4. The van der Waals surface area contributed by atoms with Crippen LogP contribution in [0, 0.1) is 13.8 Å². The molecule has 0 bridgehead atoms. The van der Waals surface area contributed by atoms with E-state index in [4.69, 9.17) is 0 Å². The smallest absolute Gasteiger partial charge is 0.191 e. The number of hydrogen-bond donors (Lipinski definition) is 2. The van der Waals surface area contributed by atoms with Gasteiger partial charge in [0, 0.05) is 25.0 Å². The molecule has 0 spiro atoms. The first-order chi connectivity index (χ1) is 12.2. The minimum Gasteiger partial charge on any atom is -0.356 e. The zero-order valence-electron chi connectivity index (χ0n) is 15.3. The van der Waals surface area contributed by atoms with Crippen LogP contribution in [0.1, 0.15) is 22.0 Å². The molecule has 0 amide bonds. The fourth-order valence-corrected chi connectivity index (χ4v) is 3.51. The van der Waals surface area contributed by atoms with E-state index in [1.165, 1.54) is 10.4 Å². The quantitative estimate of drug-likeness (QED) is 0.243. The molecule has 1 aromatic carbocycles. The van der Waals surface area contributed by atoms with Crippen molar-refractivity contribution in [3.8, 4) is 0 Å². The Kier molecular flexibility index (Phi) is 7.83. The van der Waals surface area contributed by atoms with Gasteiger partial charge in [-0.3, -0.25) is 4.99 Å². The van der Waals surface area contributed by atoms with Crippen molar-refractivity contribution >= 4 is 52.3 Å². The summed E-state index contributed by atoms with van der Waals surface area (Å²) in [5.41, 5.74) is 3.33. The van der Waals surface area contributed by atoms with E-state index in [-0.39, 0.29) is 24.0 Å². The number of aryl methyl sites for hydroxylation is 3. The summed E-state index contributed by atoms with van der Waals surface area (Å²) in [6.07, 6.45) is 2.90. The molecule has 3 rings (SSSR count). The van der Waals surface area contributed by atoms with Gasteiger partial charge in [-0.2, -0.15) is 0 Å². The second kappa shape index (κ2) is 9.86. The number of para-hydroxylation sites is 2. The van der Waals surface area contributed by atoms with Crippen LogP contribution in [0.15, 0.2) is 35.6 Å². The van der Waals surface area contributed by atoms with E-state index in [2.05, 4.69) is 43.2 Å². The number of aromatic nitrogens is 3. The van der Waals surface area contributed by atoms with Gasteiger partial charge < -0.3 is 15.2 Å². The van der Waals surface area contributed by atoms with Crippen LogP contribution in [0.2, 0.25) is 0 Å². The van der Waals surface area contributed by atoms with Crippen molar-refractivity contribution in [1.82, 2.24) is 25.2 Å². The molecule has 0 aliphatic carbocycles. The van der Waals surface area contributed by atoms with Crippen molar-refractivity contribution in [2.45, 2.75) is 33.4 Å². The van der Waals surface area contributed by atoms with Crippen molar-refractivity contribution in [3.63, 3.8) is 0 Å². The van der Waals surface area contributed by atoms with Crippen LogP contribution in [-0.4, -0.2) is 34.1 Å². The van der Waals surface area contributed by atoms with E-state index in [1.54, 1.807) is 18.4 Å². The lowest BCUT2D eigenvalue weighted by molar-refractivity contribution is 0.637. The molecule has 0 atom stereocenters. The predicted octanol–water partition coefficient (Wildman–Crippen LogP) is 3.48. The van der Waals surface area contributed by atoms with Gasteiger partial charge in [-0.1, -0.05) is 12.1 Å². The maximum atomic E-state index is 4.54. The molecule has 0 saturated heterocycles. The van der Waals surface area contributed by atoms with Crippen LogP contribution in [0.5, 0.6) is 0 Å². The first-order valence-electron chi connectivity index (χ1n) is 8.44. The first kappa shape index (κ1) is 20.6. The highest BCUT2D eigenvalue weighted by Crippen LogP contribution is 2.16. The van der Waals surface area contributed by atoms with Gasteiger partial charge in [0.15, 0.2) is 5.96 Å². The maximum absolute atomic E-state index is 4.54. The van der Waals surface area contributed by atoms with Crippen molar-refractivity contribution in [2.75, 3.05) is 13.6 Å². The standard InChI is InChI=1S/C18H24N6S.HI/c1-13-14(2)25-17(23-13)11-21-18(19-3)20-9-6-10-24-12-22-15-7-4-5-8-16(15)24;/h4-5,7-8,12H,6,9-11H2,1-3H3,(H2,19,20,21);1H. The van der Waals surface area contributed by atoms with Crippen LogP contribution >= 0.6 is 35.3 Å². The molecule has 0 fully saturated rings. The first-order valence-corrected chi connectivity index (χ1v) is 9.26. The number of rotatable bonds is 6. The Bertz CT molecular complexity index is 850. The zero-order valence-corrected chi connectivity index (χ0v) is 18.5. The fourth-order valence-electron chi connectivity index (χ4n) is 2.64. The number of hydrogen-bond acceptors (Lipinski definition) is 4. The van der Waals surface area contributed by atoms with Crippen LogP contribution in [-0.2, 0) is 13.1 Å². The van der Waals surface area contributed by atoms with Crippen LogP contribution < -0.4 is 10.6 Å². The van der Waals surface area contributed by atoms with Gasteiger partial charge in [0.25, 0.3) is 0 Å². The van der Waals surface area contributed by atoms with E-state index in [0.29, 0.717) is 6.54 Å². The second-order valence-electron chi connectivity index (χ2n) is 5.88. The lowest BCUT2D eigenvalue weighted by atomic mass is 10.3. The minimum absolute atomic E-state index is 0. The second-order valence-corrected chi connectivity index (χ2v) is 7.17. The van der Waals surface area contributed by atoms with E-state index >= 15 is 0 Å². The Hall–Kier alpha value is -1.68. The predicted molar refractivity (Wildman–Crippen MR) is 120 cm³/mol. The molecular weight excluding hydrogens is 459 g/mol. The number of halogens is 1. The van der Waals surface area contributed by atoms with E-state index in [9.17, 15) is 0 Å². The Morgan fingerprint density at radius 2 is 2.04 bits per heavy atom. The molecule has 2 aromatic heterocycles. The fraction of sp³-hybridized carbons (Fsp3) is 0.389. The minimum atomic E-state index is 0. The van der Waals surface area contributed by atoms with Gasteiger partial charge in [-0.05, 0) is 32.4 Å². The Balaban J connectivity index is 0.00000243. The van der Waals surface area contributed by atoms with Crippen molar-refractivity contribution in [2.24, 2.45) is 4.99 Å². The Morgan fingerprint density at radius 1 is 1.23 bits per heavy atom. The number of guanidine groups is 1. The number of aliphatic imine (C=N–C) groups is 1. The Labute approximate surface area is 175 Å². The summed E-state index contributed by atoms with van der Waals surface area (Å²) in [5.74, 6) is 0.806. The van der Waals surface area contributed by atoms with Crippen LogP contribution in [0.3, 0.4) is 0 Å². The average molecular weight is 484 g/mol. The average Bonchev–Trinajstić information content (AvgIpc) is 3.18. The number of nitrogens with zero attached hydrogens (tertiary/aromatic N) is 4. The van der Waals surface area contributed by atoms with Crippen molar-refractivity contribution < 1.29 is 0 Å². The summed E-state index contributed by atoms with van der Waals surface area (Å²) in [7, 11) is 1.79. The molecule has 2 N–H and O–H groups in total. The molecule has 0 saturated carbocycles. The molecule has 0 radical (unpaired) electrons. The summed E-state index contributed by atoms with van der Waals surface area (Å²) < 4.78 is 2.19. The highest BCUT2D eigenvalue weighted by atomic mass is 127. The van der Waals surface area contributed by atoms with E-state index < -0.39 is 0 Å². The molecular formula is C18H25IN6S. The molecule has 26 heavy (non-hydrogen) atoms. The van der Waals surface area contributed by atoms with Gasteiger partial charge in [-0.25, -0.2) is 9.97 Å². The highest BCUT2D eigenvalue weighted by molar-refractivity contribution is 14.0. The van der Waals surface area contributed by atoms with E-state index in [0.717, 1.165) is 41.7 Å². The number of fused-ring (bicyclic) bond motifs is 1. The molecule has 3 aromatic rings.